The maximum absolute atomic E-state index is 5.63. The average Bonchev–Trinajstić information content (AvgIpc) is 2.81. The zero-order chi connectivity index (χ0) is 21.0. The third kappa shape index (κ3) is 7.73. The number of benzene rings is 1. The second kappa shape index (κ2) is 13.2. The molecule has 0 unspecified atom stereocenters. The second-order valence-electron chi connectivity index (χ2n) is 9.84. The molecule has 1 aromatic rings. The van der Waals surface area contributed by atoms with Gasteiger partial charge in [0.25, 0.3) is 0 Å². The van der Waals surface area contributed by atoms with E-state index in [4.69, 9.17) is 4.74 Å². The first-order valence-electron chi connectivity index (χ1n) is 12.7. The highest BCUT2D eigenvalue weighted by molar-refractivity contribution is 5.22. The van der Waals surface area contributed by atoms with Crippen molar-refractivity contribution in [1.82, 2.24) is 0 Å². The fourth-order valence-electron chi connectivity index (χ4n) is 5.71. The Morgan fingerprint density at radius 3 is 2.13 bits per heavy atom. The normalized spacial score (nSPS) is 27.4. The monoisotopic (exact) mass is 408 g/mol. The van der Waals surface area contributed by atoms with Crippen molar-refractivity contribution in [1.29, 1.82) is 0 Å². The minimum atomic E-state index is 0.705. The van der Waals surface area contributed by atoms with Gasteiger partial charge in [0.2, 0.25) is 0 Å². The largest absolute Gasteiger partial charge is 0.373 e. The molecule has 0 aliphatic heterocycles. The van der Waals surface area contributed by atoms with Crippen LogP contribution < -0.4 is 0 Å². The SMILES string of the molecule is C=CC1CCC(C2CCC(CCCCc3ccc(COC/C=C/C)cc3)CC2)CC1. The van der Waals surface area contributed by atoms with E-state index in [9.17, 15) is 0 Å². The first kappa shape index (κ1) is 23.3. The molecule has 3 rings (SSSR count). The molecule has 0 bridgehead atoms. The van der Waals surface area contributed by atoms with Gasteiger partial charge in [0, 0.05) is 0 Å². The molecule has 2 aliphatic rings. The minimum Gasteiger partial charge on any atom is -0.373 e. The van der Waals surface area contributed by atoms with Crippen molar-refractivity contribution >= 4 is 0 Å². The minimum absolute atomic E-state index is 0.705. The Balaban J connectivity index is 1.25. The molecular formula is C29H44O. The van der Waals surface area contributed by atoms with Crippen LogP contribution in [0.25, 0.3) is 0 Å². The molecule has 30 heavy (non-hydrogen) atoms. The van der Waals surface area contributed by atoms with Gasteiger partial charge in [0.05, 0.1) is 13.2 Å². The molecule has 0 heterocycles. The van der Waals surface area contributed by atoms with Gasteiger partial charge in [0.15, 0.2) is 0 Å². The maximum atomic E-state index is 5.63. The Morgan fingerprint density at radius 2 is 1.50 bits per heavy atom. The van der Waals surface area contributed by atoms with Gasteiger partial charge in [-0.2, -0.15) is 0 Å². The third-order valence-electron chi connectivity index (χ3n) is 7.78. The van der Waals surface area contributed by atoms with Gasteiger partial charge in [-0.3, -0.25) is 0 Å². The van der Waals surface area contributed by atoms with Gasteiger partial charge < -0.3 is 4.74 Å². The fourth-order valence-corrected chi connectivity index (χ4v) is 5.71. The first-order valence-corrected chi connectivity index (χ1v) is 12.7. The van der Waals surface area contributed by atoms with Crippen LogP contribution in [0.4, 0.5) is 0 Å². The molecule has 0 N–H and O–H groups in total. The molecule has 0 radical (unpaired) electrons. The Kier molecular flexibility index (Phi) is 10.2. The highest BCUT2D eigenvalue weighted by Crippen LogP contribution is 2.42. The van der Waals surface area contributed by atoms with Crippen LogP contribution in [0, 0.1) is 23.7 Å². The lowest BCUT2D eigenvalue weighted by molar-refractivity contribution is 0.148. The fraction of sp³-hybridized carbons (Fsp3) is 0.655. The van der Waals surface area contributed by atoms with Crippen molar-refractivity contribution in [3.63, 3.8) is 0 Å². The van der Waals surface area contributed by atoms with Crippen molar-refractivity contribution < 1.29 is 4.74 Å². The van der Waals surface area contributed by atoms with Crippen LogP contribution in [-0.2, 0) is 17.8 Å². The summed E-state index contributed by atoms with van der Waals surface area (Å²) in [5.41, 5.74) is 2.75. The quantitative estimate of drug-likeness (QED) is 0.264. The zero-order valence-electron chi connectivity index (χ0n) is 19.4. The van der Waals surface area contributed by atoms with Crippen LogP contribution in [0.15, 0.2) is 49.1 Å². The van der Waals surface area contributed by atoms with E-state index in [1.54, 1.807) is 0 Å². The maximum Gasteiger partial charge on any atom is 0.0721 e. The molecule has 0 aromatic heterocycles. The molecule has 166 valence electrons. The summed E-state index contributed by atoms with van der Waals surface area (Å²) < 4.78 is 5.63. The molecule has 1 aromatic carbocycles. The Hall–Kier alpha value is -1.34. The topological polar surface area (TPSA) is 9.23 Å². The van der Waals surface area contributed by atoms with E-state index in [0.29, 0.717) is 13.2 Å². The second-order valence-corrected chi connectivity index (χ2v) is 9.84. The van der Waals surface area contributed by atoms with Gasteiger partial charge in [-0.05, 0) is 93.1 Å². The van der Waals surface area contributed by atoms with E-state index in [-0.39, 0.29) is 0 Å². The van der Waals surface area contributed by atoms with E-state index in [1.807, 2.05) is 13.0 Å². The number of ether oxygens (including phenoxy) is 1. The van der Waals surface area contributed by atoms with Crippen LogP contribution >= 0.6 is 0 Å². The number of hydrogen-bond acceptors (Lipinski definition) is 1. The zero-order valence-corrected chi connectivity index (χ0v) is 19.4. The van der Waals surface area contributed by atoms with Crippen molar-refractivity contribution in [3.8, 4) is 0 Å². The number of allylic oxidation sites excluding steroid dienone is 2. The van der Waals surface area contributed by atoms with Gasteiger partial charge >= 0.3 is 0 Å². The summed E-state index contributed by atoms with van der Waals surface area (Å²) in [6.45, 7) is 7.44. The highest BCUT2D eigenvalue weighted by atomic mass is 16.5. The molecule has 2 saturated carbocycles. The molecule has 0 amide bonds. The van der Waals surface area contributed by atoms with Gasteiger partial charge in [0.1, 0.15) is 0 Å². The summed E-state index contributed by atoms with van der Waals surface area (Å²) >= 11 is 0. The Bertz CT molecular complexity index is 612. The number of rotatable bonds is 11. The number of aryl methyl sites for hydroxylation is 1. The predicted octanol–water partition coefficient (Wildman–Crippen LogP) is 8.29. The third-order valence-corrected chi connectivity index (χ3v) is 7.78. The summed E-state index contributed by atoms with van der Waals surface area (Å²) in [6.07, 6.45) is 23.4. The smallest absolute Gasteiger partial charge is 0.0721 e. The van der Waals surface area contributed by atoms with E-state index in [1.165, 1.54) is 88.2 Å². The molecule has 0 saturated heterocycles. The molecule has 2 fully saturated rings. The summed E-state index contributed by atoms with van der Waals surface area (Å²) in [5, 5.41) is 0. The lowest BCUT2D eigenvalue weighted by atomic mass is 9.68. The van der Waals surface area contributed by atoms with Gasteiger partial charge in [-0.15, -0.1) is 6.58 Å². The summed E-state index contributed by atoms with van der Waals surface area (Å²) in [5.74, 6) is 3.87. The van der Waals surface area contributed by atoms with Crippen molar-refractivity contribution in [3.05, 3.63) is 60.2 Å². The van der Waals surface area contributed by atoms with Crippen LogP contribution in [0.5, 0.6) is 0 Å². The van der Waals surface area contributed by atoms with Gasteiger partial charge in [-0.25, -0.2) is 0 Å². The lowest BCUT2D eigenvalue weighted by Crippen LogP contribution is -2.25. The first-order chi connectivity index (χ1) is 14.8. The van der Waals surface area contributed by atoms with E-state index >= 15 is 0 Å². The number of unbranched alkanes of at least 4 members (excludes halogenated alkanes) is 1. The van der Waals surface area contributed by atoms with E-state index in [0.717, 1.165) is 23.7 Å². The average molecular weight is 409 g/mol. The van der Waals surface area contributed by atoms with Crippen LogP contribution in [0.3, 0.4) is 0 Å². The van der Waals surface area contributed by atoms with Crippen molar-refractivity contribution in [2.24, 2.45) is 23.7 Å². The van der Waals surface area contributed by atoms with Crippen LogP contribution in [0.2, 0.25) is 0 Å². The van der Waals surface area contributed by atoms with Crippen molar-refractivity contribution in [2.45, 2.75) is 90.6 Å². The van der Waals surface area contributed by atoms with Crippen LogP contribution in [0.1, 0.15) is 88.7 Å². The summed E-state index contributed by atoms with van der Waals surface area (Å²) in [4.78, 5) is 0. The van der Waals surface area contributed by atoms with Crippen LogP contribution in [-0.4, -0.2) is 6.61 Å². The molecule has 0 spiro atoms. The molecule has 0 atom stereocenters. The van der Waals surface area contributed by atoms with Crippen molar-refractivity contribution in [2.75, 3.05) is 6.61 Å². The highest BCUT2D eigenvalue weighted by Gasteiger charge is 2.29. The standard InChI is InChI=1S/C29H44O/c1-3-5-22-30-23-27-12-10-25(11-13-27)8-6-7-9-26-16-20-29(21-17-26)28-18-14-24(4-2)15-19-28/h3-5,10-13,24,26,28-29H,2,6-9,14-23H2,1H3/b5-3+. The number of hydrogen-bond donors (Lipinski definition) is 0. The molecule has 1 heteroatoms. The molecule has 1 nitrogen and oxygen atoms in total. The Morgan fingerprint density at radius 1 is 0.867 bits per heavy atom. The lowest BCUT2D eigenvalue weighted by Gasteiger charge is -2.37. The molecular weight excluding hydrogens is 364 g/mol. The van der Waals surface area contributed by atoms with E-state index in [2.05, 4.69) is 43.0 Å². The Labute approximate surface area is 186 Å². The predicted molar refractivity (Wildman–Crippen MR) is 130 cm³/mol. The van der Waals surface area contributed by atoms with Gasteiger partial charge in [-0.1, -0.05) is 68.2 Å². The summed E-state index contributed by atoms with van der Waals surface area (Å²) in [7, 11) is 0. The summed E-state index contributed by atoms with van der Waals surface area (Å²) in [6, 6.07) is 9.05. The van der Waals surface area contributed by atoms with E-state index < -0.39 is 0 Å². The molecule has 2 aliphatic carbocycles.